The molecule has 2 aromatic carbocycles. The van der Waals surface area contributed by atoms with Gasteiger partial charge in [0.1, 0.15) is 5.82 Å². The molecule has 3 N–H and O–H groups in total. The van der Waals surface area contributed by atoms with E-state index in [9.17, 15) is 18.8 Å². The Hall–Kier alpha value is -3.42. The van der Waals surface area contributed by atoms with Gasteiger partial charge in [0, 0.05) is 24.8 Å². The summed E-state index contributed by atoms with van der Waals surface area (Å²) in [6.45, 7) is 1.39. The van der Waals surface area contributed by atoms with Crippen molar-refractivity contribution >= 4 is 23.6 Å². The van der Waals surface area contributed by atoms with Crippen LogP contribution in [0.5, 0.6) is 0 Å². The molecule has 0 aromatic heterocycles. The van der Waals surface area contributed by atoms with E-state index in [0.29, 0.717) is 18.2 Å². The molecule has 1 saturated carbocycles. The fourth-order valence-corrected chi connectivity index (χ4v) is 5.28. The van der Waals surface area contributed by atoms with Crippen molar-refractivity contribution in [1.29, 1.82) is 0 Å². The Labute approximate surface area is 204 Å². The maximum atomic E-state index is 13.5. The second-order valence-corrected chi connectivity index (χ2v) is 9.60. The average molecular weight is 482 g/mol. The van der Waals surface area contributed by atoms with Crippen LogP contribution in [0.4, 0.5) is 14.9 Å². The molecule has 35 heavy (non-hydrogen) atoms. The van der Waals surface area contributed by atoms with Gasteiger partial charge >= 0.3 is 12.0 Å². The fourth-order valence-electron chi connectivity index (χ4n) is 5.28. The van der Waals surface area contributed by atoms with Crippen LogP contribution in [0.25, 0.3) is 0 Å². The smallest absolute Gasteiger partial charge is 0.335 e. The van der Waals surface area contributed by atoms with Gasteiger partial charge in [-0.25, -0.2) is 14.0 Å². The third kappa shape index (κ3) is 6.59. The minimum absolute atomic E-state index is 0.0895. The molecule has 4 rings (SSSR count). The highest BCUT2D eigenvalue weighted by Crippen LogP contribution is 2.29. The van der Waals surface area contributed by atoms with Gasteiger partial charge < -0.3 is 20.6 Å². The SMILES string of the molecule is O=C(Nc1cccc(C(=O)O)c1)N[C@@H]1CCCC[C@H]1C(=O)N1CCC[C@@H](Cc2ccc(F)cc2)C1. The number of carboxylic acid groups (broad SMARTS) is 1. The lowest BCUT2D eigenvalue weighted by Crippen LogP contribution is -2.52. The third-order valence-corrected chi connectivity index (χ3v) is 7.04. The van der Waals surface area contributed by atoms with Crippen LogP contribution in [0.3, 0.4) is 0 Å². The van der Waals surface area contributed by atoms with Gasteiger partial charge in [0.25, 0.3) is 0 Å². The molecule has 0 spiro atoms. The molecule has 0 bridgehead atoms. The summed E-state index contributed by atoms with van der Waals surface area (Å²) in [4.78, 5) is 39.3. The van der Waals surface area contributed by atoms with Crippen molar-refractivity contribution in [3.05, 3.63) is 65.5 Å². The molecule has 1 saturated heterocycles. The number of halogens is 1. The van der Waals surface area contributed by atoms with Gasteiger partial charge in [-0.15, -0.1) is 0 Å². The number of carbonyl (C=O) groups excluding carboxylic acids is 2. The van der Waals surface area contributed by atoms with E-state index in [1.165, 1.54) is 24.3 Å². The number of likely N-dealkylation sites (tertiary alicyclic amines) is 1. The normalized spacial score (nSPS) is 22.3. The zero-order valence-corrected chi connectivity index (χ0v) is 19.7. The molecule has 7 nitrogen and oxygen atoms in total. The third-order valence-electron chi connectivity index (χ3n) is 7.04. The van der Waals surface area contributed by atoms with Gasteiger partial charge in [-0.1, -0.05) is 31.0 Å². The summed E-state index contributed by atoms with van der Waals surface area (Å²) in [6.07, 6.45) is 6.13. The number of piperidine rings is 1. The topological polar surface area (TPSA) is 98.7 Å². The first-order chi connectivity index (χ1) is 16.9. The number of carbonyl (C=O) groups is 3. The summed E-state index contributed by atoms with van der Waals surface area (Å²) in [5, 5.41) is 14.8. The fraction of sp³-hybridized carbons (Fsp3) is 0.444. The number of benzene rings is 2. The van der Waals surface area contributed by atoms with Crippen LogP contribution < -0.4 is 10.6 Å². The number of nitrogens with zero attached hydrogens (tertiary/aromatic N) is 1. The van der Waals surface area contributed by atoms with Crippen molar-refractivity contribution in [3.8, 4) is 0 Å². The van der Waals surface area contributed by atoms with E-state index < -0.39 is 12.0 Å². The molecule has 186 valence electrons. The van der Waals surface area contributed by atoms with Gasteiger partial charge in [0.05, 0.1) is 11.5 Å². The Kier molecular flexibility index (Phi) is 8.00. The minimum Gasteiger partial charge on any atom is -0.478 e. The van der Waals surface area contributed by atoms with Crippen LogP contribution in [0.1, 0.15) is 54.4 Å². The molecule has 0 radical (unpaired) electrons. The number of hydrogen-bond donors (Lipinski definition) is 3. The molecule has 8 heteroatoms. The summed E-state index contributed by atoms with van der Waals surface area (Å²) in [6, 6.07) is 11.9. The average Bonchev–Trinajstić information content (AvgIpc) is 2.85. The van der Waals surface area contributed by atoms with E-state index in [4.69, 9.17) is 5.11 Å². The first-order valence-electron chi connectivity index (χ1n) is 12.3. The molecule has 1 heterocycles. The van der Waals surface area contributed by atoms with Crippen molar-refractivity contribution in [3.63, 3.8) is 0 Å². The lowest BCUT2D eigenvalue weighted by Gasteiger charge is -2.39. The van der Waals surface area contributed by atoms with Gasteiger partial charge in [-0.05, 0) is 73.9 Å². The number of nitrogens with one attached hydrogen (secondary N) is 2. The zero-order chi connectivity index (χ0) is 24.8. The molecule has 1 aliphatic heterocycles. The van der Waals surface area contributed by atoms with E-state index in [1.54, 1.807) is 12.1 Å². The lowest BCUT2D eigenvalue weighted by atomic mass is 9.82. The highest BCUT2D eigenvalue weighted by atomic mass is 19.1. The lowest BCUT2D eigenvalue weighted by molar-refractivity contribution is -0.139. The Morgan fingerprint density at radius 1 is 1.00 bits per heavy atom. The Bertz CT molecular complexity index is 1060. The number of anilines is 1. The van der Waals surface area contributed by atoms with Crippen molar-refractivity contribution in [2.24, 2.45) is 11.8 Å². The van der Waals surface area contributed by atoms with E-state index >= 15 is 0 Å². The van der Waals surface area contributed by atoms with Crippen LogP contribution in [0.2, 0.25) is 0 Å². The predicted molar refractivity (Wildman–Crippen MR) is 131 cm³/mol. The number of aromatic carboxylic acids is 1. The van der Waals surface area contributed by atoms with E-state index in [-0.39, 0.29) is 29.2 Å². The van der Waals surface area contributed by atoms with Crippen LogP contribution in [0.15, 0.2) is 48.5 Å². The summed E-state index contributed by atoms with van der Waals surface area (Å²) in [5.41, 5.74) is 1.56. The molecular weight excluding hydrogens is 449 g/mol. The molecule has 2 aromatic rings. The summed E-state index contributed by atoms with van der Waals surface area (Å²) in [7, 11) is 0. The predicted octanol–water partition coefficient (Wildman–Crippen LogP) is 4.69. The second kappa shape index (κ2) is 11.3. The molecule has 2 aliphatic rings. The molecule has 3 amide bonds. The molecule has 3 atom stereocenters. The standard InChI is InChI=1S/C27H32FN3O4/c28-21-12-10-18(11-13-21)15-19-5-4-14-31(17-19)25(32)23-8-1-2-9-24(23)30-27(35)29-22-7-3-6-20(16-22)26(33)34/h3,6-7,10-13,16,19,23-24H,1-2,4-5,8-9,14-15,17H2,(H,33,34)(H2,29,30,35)/t19-,23+,24+/m0/s1. The largest absolute Gasteiger partial charge is 0.478 e. The van der Waals surface area contributed by atoms with E-state index in [1.807, 2.05) is 17.0 Å². The number of hydrogen-bond acceptors (Lipinski definition) is 3. The Morgan fingerprint density at radius 3 is 2.54 bits per heavy atom. The van der Waals surface area contributed by atoms with Crippen molar-refractivity contribution in [2.75, 3.05) is 18.4 Å². The summed E-state index contributed by atoms with van der Waals surface area (Å²) < 4.78 is 13.2. The first-order valence-corrected chi connectivity index (χ1v) is 12.3. The number of rotatable bonds is 6. The van der Waals surface area contributed by atoms with Gasteiger partial charge in [-0.3, -0.25) is 4.79 Å². The Balaban J connectivity index is 1.36. The van der Waals surface area contributed by atoms with Crippen molar-refractivity contribution in [2.45, 2.75) is 51.0 Å². The maximum absolute atomic E-state index is 13.5. The molecule has 0 unspecified atom stereocenters. The molecule has 2 fully saturated rings. The summed E-state index contributed by atoms with van der Waals surface area (Å²) in [5.74, 6) is -1.16. The number of carboxylic acids is 1. The van der Waals surface area contributed by atoms with E-state index in [2.05, 4.69) is 10.6 Å². The summed E-state index contributed by atoms with van der Waals surface area (Å²) >= 11 is 0. The number of amides is 3. The van der Waals surface area contributed by atoms with Crippen LogP contribution in [-0.4, -0.2) is 47.0 Å². The quantitative estimate of drug-likeness (QED) is 0.558. The van der Waals surface area contributed by atoms with E-state index in [0.717, 1.165) is 57.1 Å². The number of urea groups is 1. The van der Waals surface area contributed by atoms with Crippen LogP contribution in [0, 0.1) is 17.7 Å². The highest BCUT2D eigenvalue weighted by molar-refractivity contribution is 5.93. The Morgan fingerprint density at radius 2 is 1.77 bits per heavy atom. The second-order valence-electron chi connectivity index (χ2n) is 9.60. The first kappa shape index (κ1) is 24.7. The maximum Gasteiger partial charge on any atom is 0.335 e. The monoisotopic (exact) mass is 481 g/mol. The molecular formula is C27H32FN3O4. The van der Waals surface area contributed by atoms with Crippen molar-refractivity contribution in [1.82, 2.24) is 10.2 Å². The van der Waals surface area contributed by atoms with Crippen LogP contribution in [-0.2, 0) is 11.2 Å². The van der Waals surface area contributed by atoms with Gasteiger partial charge in [-0.2, -0.15) is 0 Å². The van der Waals surface area contributed by atoms with Crippen LogP contribution >= 0.6 is 0 Å². The highest BCUT2D eigenvalue weighted by Gasteiger charge is 2.36. The van der Waals surface area contributed by atoms with Gasteiger partial charge in [0.15, 0.2) is 0 Å². The van der Waals surface area contributed by atoms with Gasteiger partial charge in [0.2, 0.25) is 5.91 Å². The molecule has 1 aliphatic carbocycles. The minimum atomic E-state index is -1.06. The van der Waals surface area contributed by atoms with Crippen molar-refractivity contribution < 1.29 is 23.9 Å². The zero-order valence-electron chi connectivity index (χ0n) is 19.7.